The minimum atomic E-state index is -4.40. The van der Waals surface area contributed by atoms with Gasteiger partial charge in [0.15, 0.2) is 5.75 Å². The van der Waals surface area contributed by atoms with Crippen molar-refractivity contribution in [2.45, 2.75) is 12.7 Å². The Morgan fingerprint density at radius 1 is 1.11 bits per heavy atom. The molecule has 0 saturated carbocycles. The first-order chi connectivity index (χ1) is 8.99. The van der Waals surface area contributed by atoms with Crippen molar-refractivity contribution in [3.63, 3.8) is 0 Å². The van der Waals surface area contributed by atoms with E-state index in [1.54, 1.807) is 0 Å². The number of hydrogen-bond acceptors (Lipinski definition) is 4. The molecule has 0 fully saturated rings. The van der Waals surface area contributed by atoms with Crippen LogP contribution in [-0.2, 0) is 12.7 Å². The van der Waals surface area contributed by atoms with E-state index in [1.807, 2.05) is 0 Å². The van der Waals surface area contributed by atoms with Crippen molar-refractivity contribution in [3.05, 3.63) is 48.0 Å². The Balaban J connectivity index is 2.18. The molecule has 0 aliphatic carbocycles. The molecular weight excluding hydrogens is 259 g/mol. The van der Waals surface area contributed by atoms with E-state index in [2.05, 4.69) is 9.97 Å². The van der Waals surface area contributed by atoms with Gasteiger partial charge in [0.2, 0.25) is 0 Å². The Morgan fingerprint density at radius 3 is 2.37 bits per heavy atom. The van der Waals surface area contributed by atoms with Gasteiger partial charge in [0, 0.05) is 0 Å². The lowest BCUT2D eigenvalue weighted by Crippen LogP contribution is -2.04. The number of rotatable bonds is 3. The lowest BCUT2D eigenvalue weighted by molar-refractivity contribution is -0.137. The van der Waals surface area contributed by atoms with Gasteiger partial charge in [0.05, 0.1) is 24.5 Å². The van der Waals surface area contributed by atoms with E-state index in [0.717, 1.165) is 12.1 Å². The minimum absolute atomic E-state index is 0.0684. The Hall–Kier alpha value is -2.15. The van der Waals surface area contributed by atoms with E-state index in [4.69, 9.17) is 10.5 Å². The number of nitrogens with two attached hydrogens (primary N) is 1. The maximum atomic E-state index is 12.5. The van der Waals surface area contributed by atoms with E-state index in [9.17, 15) is 13.2 Å². The quantitative estimate of drug-likeness (QED) is 0.930. The third-order valence-electron chi connectivity index (χ3n) is 2.26. The average Bonchev–Trinajstić information content (AvgIpc) is 2.39. The number of halogens is 3. The van der Waals surface area contributed by atoms with Gasteiger partial charge in [-0.1, -0.05) is 6.07 Å². The van der Waals surface area contributed by atoms with Crippen LogP contribution >= 0.6 is 0 Å². The largest absolute Gasteiger partial charge is 0.454 e. The molecular formula is C12H10F3N3O. The molecule has 0 unspecified atom stereocenters. The predicted octanol–water partition coefficient (Wildman–Crippen LogP) is 2.75. The van der Waals surface area contributed by atoms with Gasteiger partial charge in [-0.15, -0.1) is 0 Å². The van der Waals surface area contributed by atoms with Gasteiger partial charge in [-0.2, -0.15) is 13.2 Å². The Bertz CT molecular complexity index is 555. The lowest BCUT2D eigenvalue weighted by Gasteiger charge is -2.09. The summed E-state index contributed by atoms with van der Waals surface area (Å²) in [7, 11) is 0. The number of aromatic nitrogens is 2. The molecule has 100 valence electrons. The van der Waals surface area contributed by atoms with Gasteiger partial charge in [-0.25, -0.2) is 9.97 Å². The van der Waals surface area contributed by atoms with Gasteiger partial charge < -0.3 is 10.5 Å². The first-order valence-corrected chi connectivity index (χ1v) is 5.35. The molecule has 7 heteroatoms. The first kappa shape index (κ1) is 13.3. The fourth-order valence-electron chi connectivity index (χ4n) is 1.37. The fraction of sp³-hybridized carbons (Fsp3) is 0.167. The van der Waals surface area contributed by atoms with Gasteiger partial charge in [-0.3, -0.25) is 0 Å². The summed E-state index contributed by atoms with van der Waals surface area (Å²) in [5, 5.41) is 0. The van der Waals surface area contributed by atoms with Crippen LogP contribution in [0.4, 0.5) is 13.2 Å². The van der Waals surface area contributed by atoms with E-state index in [1.165, 1.54) is 24.5 Å². The standard InChI is InChI=1S/C12H10F3N3O/c13-12(14,15)8-2-1-3-9(4-8)19-10-6-17-11(5-16)18-7-10/h1-4,6-7H,5,16H2. The third kappa shape index (κ3) is 3.41. The zero-order chi connectivity index (χ0) is 13.9. The number of benzene rings is 1. The molecule has 1 aromatic carbocycles. The molecule has 0 saturated heterocycles. The summed E-state index contributed by atoms with van der Waals surface area (Å²) >= 11 is 0. The summed E-state index contributed by atoms with van der Waals surface area (Å²) < 4.78 is 42.8. The third-order valence-corrected chi connectivity index (χ3v) is 2.26. The summed E-state index contributed by atoms with van der Waals surface area (Å²) in [5.74, 6) is 0.742. The monoisotopic (exact) mass is 269 g/mol. The van der Waals surface area contributed by atoms with Crippen molar-refractivity contribution in [1.82, 2.24) is 9.97 Å². The second-order valence-electron chi connectivity index (χ2n) is 3.67. The minimum Gasteiger partial charge on any atom is -0.454 e. The SMILES string of the molecule is NCc1ncc(Oc2cccc(C(F)(F)F)c2)cn1. The maximum Gasteiger partial charge on any atom is 0.416 e. The van der Waals surface area contributed by atoms with Gasteiger partial charge in [0.1, 0.15) is 11.6 Å². The molecule has 0 aliphatic rings. The van der Waals surface area contributed by atoms with Gasteiger partial charge in [-0.05, 0) is 18.2 Å². The molecule has 4 nitrogen and oxygen atoms in total. The van der Waals surface area contributed by atoms with Crippen LogP contribution in [0.1, 0.15) is 11.4 Å². The molecule has 2 rings (SSSR count). The average molecular weight is 269 g/mol. The van der Waals surface area contributed by atoms with Crippen LogP contribution in [0.25, 0.3) is 0 Å². The number of hydrogen-bond donors (Lipinski definition) is 1. The van der Waals surface area contributed by atoms with Crippen molar-refractivity contribution >= 4 is 0 Å². The van der Waals surface area contributed by atoms with Crippen molar-refractivity contribution in [1.29, 1.82) is 0 Å². The molecule has 1 aromatic heterocycles. The van der Waals surface area contributed by atoms with Gasteiger partial charge in [0.25, 0.3) is 0 Å². The predicted molar refractivity (Wildman–Crippen MR) is 61.4 cm³/mol. The Labute approximate surface area is 107 Å². The van der Waals surface area contributed by atoms with Crippen LogP contribution in [0.5, 0.6) is 11.5 Å². The maximum absolute atomic E-state index is 12.5. The summed E-state index contributed by atoms with van der Waals surface area (Å²) in [6.07, 6.45) is -1.69. The van der Waals surface area contributed by atoms with Crippen LogP contribution in [-0.4, -0.2) is 9.97 Å². The lowest BCUT2D eigenvalue weighted by atomic mass is 10.2. The normalized spacial score (nSPS) is 11.4. The highest BCUT2D eigenvalue weighted by Crippen LogP contribution is 2.32. The molecule has 0 amide bonds. The van der Waals surface area contributed by atoms with Crippen molar-refractivity contribution < 1.29 is 17.9 Å². The highest BCUT2D eigenvalue weighted by Gasteiger charge is 2.30. The summed E-state index contributed by atoms with van der Waals surface area (Å²) in [6, 6.07) is 4.58. The molecule has 0 aliphatic heterocycles. The van der Waals surface area contributed by atoms with E-state index >= 15 is 0 Å². The van der Waals surface area contributed by atoms with Crippen molar-refractivity contribution in [3.8, 4) is 11.5 Å². The second kappa shape index (κ2) is 5.23. The molecule has 0 spiro atoms. The molecule has 0 radical (unpaired) electrons. The van der Waals surface area contributed by atoms with Crippen molar-refractivity contribution in [2.24, 2.45) is 5.73 Å². The topological polar surface area (TPSA) is 61.0 Å². The molecule has 2 aromatic rings. The second-order valence-corrected chi connectivity index (χ2v) is 3.67. The van der Waals surface area contributed by atoms with Crippen LogP contribution in [0.3, 0.4) is 0 Å². The van der Waals surface area contributed by atoms with E-state index in [-0.39, 0.29) is 18.0 Å². The van der Waals surface area contributed by atoms with Crippen LogP contribution < -0.4 is 10.5 Å². The molecule has 19 heavy (non-hydrogen) atoms. The van der Waals surface area contributed by atoms with Crippen LogP contribution in [0, 0.1) is 0 Å². The number of alkyl halides is 3. The Kier molecular flexibility index (Phi) is 3.66. The summed E-state index contributed by atoms with van der Waals surface area (Å²) in [4.78, 5) is 7.76. The van der Waals surface area contributed by atoms with E-state index < -0.39 is 11.7 Å². The molecule has 0 bridgehead atoms. The van der Waals surface area contributed by atoms with Crippen molar-refractivity contribution in [2.75, 3.05) is 0 Å². The molecule has 0 atom stereocenters. The highest BCUT2D eigenvalue weighted by atomic mass is 19.4. The van der Waals surface area contributed by atoms with Crippen LogP contribution in [0.15, 0.2) is 36.7 Å². The van der Waals surface area contributed by atoms with E-state index in [0.29, 0.717) is 5.82 Å². The zero-order valence-corrected chi connectivity index (χ0v) is 9.69. The molecule has 2 N–H and O–H groups in total. The summed E-state index contributed by atoms with van der Waals surface area (Å²) in [5.41, 5.74) is 4.56. The first-order valence-electron chi connectivity index (χ1n) is 5.35. The zero-order valence-electron chi connectivity index (χ0n) is 9.69. The number of nitrogens with zero attached hydrogens (tertiary/aromatic N) is 2. The van der Waals surface area contributed by atoms with Crippen LogP contribution in [0.2, 0.25) is 0 Å². The van der Waals surface area contributed by atoms with Gasteiger partial charge >= 0.3 is 6.18 Å². The fourth-order valence-corrected chi connectivity index (χ4v) is 1.37. The number of ether oxygens (including phenoxy) is 1. The molecule has 1 heterocycles. The highest BCUT2D eigenvalue weighted by molar-refractivity contribution is 5.33. The smallest absolute Gasteiger partial charge is 0.416 e. The Morgan fingerprint density at radius 2 is 1.79 bits per heavy atom. The summed E-state index contributed by atoms with van der Waals surface area (Å²) in [6.45, 7) is 0.184.